The molecule has 138 valence electrons. The Balaban J connectivity index is 1.87. The first-order valence-corrected chi connectivity index (χ1v) is 9.45. The van der Waals surface area contributed by atoms with E-state index in [2.05, 4.69) is 38.5 Å². The summed E-state index contributed by atoms with van der Waals surface area (Å²) < 4.78 is 2.28. The van der Waals surface area contributed by atoms with E-state index in [1.807, 2.05) is 6.92 Å². The summed E-state index contributed by atoms with van der Waals surface area (Å²) >= 11 is 2.14. The maximum atomic E-state index is 12.6. The molecular formula is C19H17IN4O3. The molecule has 1 heterocycles. The fourth-order valence-corrected chi connectivity index (χ4v) is 2.97. The molecule has 1 aromatic heterocycles. The van der Waals surface area contributed by atoms with Gasteiger partial charge < -0.3 is 0 Å². The zero-order valence-corrected chi connectivity index (χ0v) is 16.7. The molecule has 0 aliphatic heterocycles. The van der Waals surface area contributed by atoms with Crippen LogP contribution in [0.2, 0.25) is 0 Å². The largest absolute Gasteiger partial charge is 0.290 e. The summed E-state index contributed by atoms with van der Waals surface area (Å²) in [5.74, 6) is -1.03. The van der Waals surface area contributed by atoms with Crippen LogP contribution in [0.25, 0.3) is 10.8 Å². The molecule has 7 nitrogen and oxygen atoms in total. The summed E-state index contributed by atoms with van der Waals surface area (Å²) in [6, 6.07) is 13.7. The lowest BCUT2D eigenvalue weighted by molar-refractivity contribution is 0.0843. The van der Waals surface area contributed by atoms with Crippen LogP contribution < -0.4 is 16.4 Å². The van der Waals surface area contributed by atoms with Gasteiger partial charge in [-0.1, -0.05) is 25.1 Å². The molecule has 0 bridgehead atoms. The molecule has 0 saturated carbocycles. The van der Waals surface area contributed by atoms with Gasteiger partial charge in [0.1, 0.15) is 0 Å². The predicted molar refractivity (Wildman–Crippen MR) is 110 cm³/mol. The molecule has 0 aliphatic rings. The number of amides is 2. The molecule has 0 aliphatic carbocycles. The number of halogens is 1. The van der Waals surface area contributed by atoms with E-state index in [9.17, 15) is 14.4 Å². The second-order valence-electron chi connectivity index (χ2n) is 5.84. The Morgan fingerprint density at radius 1 is 1.00 bits per heavy atom. The number of benzene rings is 2. The minimum Gasteiger partial charge on any atom is -0.267 e. The van der Waals surface area contributed by atoms with Gasteiger partial charge in [0, 0.05) is 21.1 Å². The number of nitrogens with one attached hydrogen (secondary N) is 2. The first kappa shape index (κ1) is 19.0. The molecule has 0 fully saturated rings. The Kier molecular flexibility index (Phi) is 5.84. The molecule has 2 N–H and O–H groups in total. The highest BCUT2D eigenvalue weighted by Gasteiger charge is 2.17. The van der Waals surface area contributed by atoms with Gasteiger partial charge in [0.2, 0.25) is 0 Å². The Hall–Kier alpha value is -2.75. The normalized spacial score (nSPS) is 10.6. The van der Waals surface area contributed by atoms with Crippen LogP contribution in [-0.2, 0) is 6.54 Å². The number of hydrogen-bond acceptors (Lipinski definition) is 4. The van der Waals surface area contributed by atoms with Crippen molar-refractivity contribution in [1.29, 1.82) is 0 Å². The molecule has 3 rings (SSSR count). The third-order valence-electron chi connectivity index (χ3n) is 3.91. The van der Waals surface area contributed by atoms with Crippen molar-refractivity contribution >= 4 is 45.2 Å². The zero-order valence-electron chi connectivity index (χ0n) is 14.5. The van der Waals surface area contributed by atoms with Gasteiger partial charge in [-0.25, -0.2) is 4.68 Å². The van der Waals surface area contributed by atoms with Gasteiger partial charge in [-0.15, -0.1) is 0 Å². The van der Waals surface area contributed by atoms with E-state index in [1.165, 1.54) is 4.68 Å². The van der Waals surface area contributed by atoms with E-state index in [4.69, 9.17) is 0 Å². The lowest BCUT2D eigenvalue weighted by Crippen LogP contribution is -2.42. The van der Waals surface area contributed by atoms with Crippen LogP contribution in [-0.4, -0.2) is 21.6 Å². The highest BCUT2D eigenvalue weighted by atomic mass is 127. The van der Waals surface area contributed by atoms with E-state index in [0.717, 1.165) is 3.57 Å². The van der Waals surface area contributed by atoms with Crippen molar-refractivity contribution in [3.8, 4) is 0 Å². The van der Waals surface area contributed by atoms with Crippen molar-refractivity contribution in [3.63, 3.8) is 0 Å². The minimum absolute atomic E-state index is 0.0848. The fourth-order valence-electron chi connectivity index (χ4n) is 2.61. The van der Waals surface area contributed by atoms with Crippen molar-refractivity contribution in [3.05, 3.63) is 73.7 Å². The summed E-state index contributed by atoms with van der Waals surface area (Å²) in [5.41, 5.74) is 5.02. The minimum atomic E-state index is -0.588. The Morgan fingerprint density at radius 3 is 2.30 bits per heavy atom. The summed E-state index contributed by atoms with van der Waals surface area (Å²) in [6.45, 7) is 2.32. The standard InChI is InChI=1S/C19H17IN4O3/c1-2-11-24-19(27)15-6-4-3-5-14(15)16(23-24)18(26)22-21-17(25)12-7-9-13(20)10-8-12/h3-10H,2,11H2,1H3,(H,21,25)(H,22,26). The summed E-state index contributed by atoms with van der Waals surface area (Å²) in [7, 11) is 0. The van der Waals surface area contributed by atoms with Crippen LogP contribution in [0.3, 0.4) is 0 Å². The summed E-state index contributed by atoms with van der Waals surface area (Å²) in [6.07, 6.45) is 0.704. The van der Waals surface area contributed by atoms with Gasteiger partial charge in [0.05, 0.1) is 5.39 Å². The van der Waals surface area contributed by atoms with Gasteiger partial charge in [0.15, 0.2) is 5.69 Å². The van der Waals surface area contributed by atoms with Crippen molar-refractivity contribution in [2.45, 2.75) is 19.9 Å². The number of carbonyl (C=O) groups is 2. The van der Waals surface area contributed by atoms with Crippen LogP contribution >= 0.6 is 22.6 Å². The first-order chi connectivity index (χ1) is 13.0. The number of aryl methyl sites for hydroxylation is 1. The maximum absolute atomic E-state index is 12.6. The van der Waals surface area contributed by atoms with Gasteiger partial charge >= 0.3 is 0 Å². The van der Waals surface area contributed by atoms with Gasteiger partial charge in [-0.3, -0.25) is 25.2 Å². The van der Waals surface area contributed by atoms with Gasteiger partial charge in [-0.2, -0.15) is 5.10 Å². The van der Waals surface area contributed by atoms with E-state index in [0.29, 0.717) is 29.3 Å². The van der Waals surface area contributed by atoms with Gasteiger partial charge in [0.25, 0.3) is 17.4 Å². The zero-order chi connectivity index (χ0) is 19.4. The highest BCUT2D eigenvalue weighted by molar-refractivity contribution is 14.1. The number of rotatable bonds is 4. The summed E-state index contributed by atoms with van der Waals surface area (Å²) in [5, 5.41) is 5.04. The molecule has 27 heavy (non-hydrogen) atoms. The molecule has 2 aromatic carbocycles. The van der Waals surface area contributed by atoms with Crippen LogP contribution in [0, 0.1) is 3.57 Å². The number of fused-ring (bicyclic) bond motifs is 1. The van der Waals surface area contributed by atoms with Gasteiger partial charge in [-0.05, 0) is 59.3 Å². The topological polar surface area (TPSA) is 93.1 Å². The van der Waals surface area contributed by atoms with E-state index < -0.39 is 11.8 Å². The van der Waals surface area contributed by atoms with E-state index in [-0.39, 0.29) is 11.3 Å². The Morgan fingerprint density at radius 2 is 1.63 bits per heavy atom. The smallest absolute Gasteiger partial charge is 0.267 e. The molecular weight excluding hydrogens is 459 g/mol. The number of nitrogens with zero attached hydrogens (tertiary/aromatic N) is 2. The van der Waals surface area contributed by atoms with Crippen molar-refractivity contribution in [2.75, 3.05) is 0 Å². The highest BCUT2D eigenvalue weighted by Crippen LogP contribution is 2.13. The third-order valence-corrected chi connectivity index (χ3v) is 4.63. The Labute approximate surface area is 168 Å². The molecule has 0 unspecified atom stereocenters. The SMILES string of the molecule is CCCn1nc(C(=O)NNC(=O)c2ccc(I)cc2)c2ccccc2c1=O. The summed E-state index contributed by atoms with van der Waals surface area (Å²) in [4.78, 5) is 37.3. The first-order valence-electron chi connectivity index (χ1n) is 8.37. The van der Waals surface area contributed by atoms with E-state index in [1.54, 1.807) is 48.5 Å². The van der Waals surface area contributed by atoms with Crippen LogP contribution in [0.1, 0.15) is 34.2 Å². The molecule has 0 spiro atoms. The molecule has 0 saturated heterocycles. The average molecular weight is 476 g/mol. The van der Waals surface area contributed by atoms with Crippen molar-refractivity contribution < 1.29 is 9.59 Å². The number of aromatic nitrogens is 2. The van der Waals surface area contributed by atoms with Crippen LogP contribution in [0.15, 0.2) is 53.3 Å². The van der Waals surface area contributed by atoms with E-state index >= 15 is 0 Å². The molecule has 8 heteroatoms. The van der Waals surface area contributed by atoms with Crippen LogP contribution in [0.5, 0.6) is 0 Å². The van der Waals surface area contributed by atoms with Crippen molar-refractivity contribution in [2.24, 2.45) is 0 Å². The molecule has 3 aromatic rings. The number of hydrogen-bond donors (Lipinski definition) is 2. The Bertz CT molecular complexity index is 1060. The lowest BCUT2D eigenvalue weighted by Gasteiger charge is -2.11. The lowest BCUT2D eigenvalue weighted by atomic mass is 10.1. The molecule has 0 atom stereocenters. The quantitative estimate of drug-likeness (QED) is 0.447. The van der Waals surface area contributed by atoms with Crippen molar-refractivity contribution in [1.82, 2.24) is 20.6 Å². The second kappa shape index (κ2) is 8.30. The third kappa shape index (κ3) is 4.16. The maximum Gasteiger partial charge on any atom is 0.290 e. The molecule has 0 radical (unpaired) electrons. The molecule has 2 amide bonds. The van der Waals surface area contributed by atoms with Crippen LogP contribution in [0.4, 0.5) is 0 Å². The average Bonchev–Trinajstić information content (AvgIpc) is 2.68. The monoisotopic (exact) mass is 476 g/mol. The number of hydrazine groups is 1. The fraction of sp³-hybridized carbons (Fsp3) is 0.158. The second-order valence-corrected chi connectivity index (χ2v) is 7.08. The number of carbonyl (C=O) groups excluding carboxylic acids is 2. The predicted octanol–water partition coefficient (Wildman–Crippen LogP) is 2.49.